The topological polar surface area (TPSA) is 6.48 Å². The summed E-state index contributed by atoms with van der Waals surface area (Å²) in [5.41, 5.74) is 13.8. The van der Waals surface area contributed by atoms with Crippen LogP contribution in [0.25, 0.3) is 56.6 Å². The van der Waals surface area contributed by atoms with Gasteiger partial charge in [0, 0.05) is 34.1 Å². The van der Waals surface area contributed by atoms with Crippen molar-refractivity contribution in [3.63, 3.8) is 0 Å². The molecule has 0 fully saturated rings. The Hall–Kier alpha value is -7.94. The number of fused-ring (bicyclic) bond motifs is 6. The quantitative estimate of drug-likeness (QED) is 0.100. The molecule has 0 saturated carbocycles. The van der Waals surface area contributed by atoms with Crippen molar-refractivity contribution >= 4 is 90.7 Å². The summed E-state index contributed by atoms with van der Waals surface area (Å²) >= 11 is 0. The normalized spacial score (nSPS) is 11.6. The fraction of sp³-hybridized carbons (Fsp3) is 0.0333. The SMILES string of the molecule is Cc1ccc(N(c2ccc(C=Cc3ccccc3)cc2)c2ccc3c(c2)c2ccccc2c2ccc(N(c4ccc(C)cc4)c4ccc(C=Cc5ccccc5)cc4)cc23)cc1. The van der Waals surface area contributed by atoms with Crippen molar-refractivity contribution in [1.29, 1.82) is 0 Å². The molecule has 0 atom stereocenters. The zero-order valence-corrected chi connectivity index (χ0v) is 35.0. The Balaban J connectivity index is 1.09. The second-order valence-electron chi connectivity index (χ2n) is 16.0. The van der Waals surface area contributed by atoms with Crippen molar-refractivity contribution in [2.75, 3.05) is 9.80 Å². The molecular weight excluding hydrogens is 749 g/mol. The van der Waals surface area contributed by atoms with Gasteiger partial charge in [-0.2, -0.15) is 0 Å². The molecule has 0 aliphatic heterocycles. The number of hydrogen-bond acceptors (Lipinski definition) is 2. The van der Waals surface area contributed by atoms with Gasteiger partial charge < -0.3 is 9.80 Å². The molecule has 2 nitrogen and oxygen atoms in total. The molecule has 0 unspecified atom stereocenters. The van der Waals surface area contributed by atoms with E-state index in [9.17, 15) is 0 Å². The predicted molar refractivity (Wildman–Crippen MR) is 269 cm³/mol. The van der Waals surface area contributed by atoms with Crippen LogP contribution in [0.1, 0.15) is 33.4 Å². The smallest absolute Gasteiger partial charge is 0.0468 e. The van der Waals surface area contributed by atoms with Gasteiger partial charge in [-0.05, 0) is 141 Å². The maximum absolute atomic E-state index is 2.38. The summed E-state index contributed by atoms with van der Waals surface area (Å²) in [6, 6.07) is 79.1. The lowest BCUT2D eigenvalue weighted by molar-refractivity contribution is 1.28. The summed E-state index contributed by atoms with van der Waals surface area (Å²) in [7, 11) is 0. The number of nitrogens with zero attached hydrogens (tertiary/aromatic N) is 2. The standard InChI is InChI=1S/C60H46N2/c1-43-17-29-49(30-18-43)61(51-33-25-47(26-34-51)23-21-45-11-5-3-6-12-45)53-37-39-57-55-15-9-10-16-56(55)59-41-54(38-40-58(59)60(57)42-53)62(50-31-19-44(2)20-32-50)52-35-27-48(28-36-52)24-22-46-13-7-4-8-14-46/h3-42H,1-2H3. The highest BCUT2D eigenvalue weighted by Gasteiger charge is 2.18. The average Bonchev–Trinajstić information content (AvgIpc) is 3.33. The first-order valence-electron chi connectivity index (χ1n) is 21.3. The van der Waals surface area contributed by atoms with Gasteiger partial charge in [0.2, 0.25) is 0 Å². The van der Waals surface area contributed by atoms with Crippen molar-refractivity contribution in [1.82, 2.24) is 0 Å². The van der Waals surface area contributed by atoms with E-state index in [4.69, 9.17) is 0 Å². The van der Waals surface area contributed by atoms with Gasteiger partial charge in [0.25, 0.3) is 0 Å². The molecule has 0 saturated heterocycles. The van der Waals surface area contributed by atoms with Crippen LogP contribution >= 0.6 is 0 Å². The van der Waals surface area contributed by atoms with Crippen molar-refractivity contribution in [2.24, 2.45) is 0 Å². The fourth-order valence-electron chi connectivity index (χ4n) is 8.48. The Morgan fingerprint density at radius 3 is 0.903 bits per heavy atom. The Labute approximate surface area is 364 Å². The van der Waals surface area contributed by atoms with Gasteiger partial charge in [-0.25, -0.2) is 0 Å². The predicted octanol–water partition coefficient (Wildman–Crippen LogP) is 17.0. The molecule has 0 bridgehead atoms. The second-order valence-corrected chi connectivity index (χ2v) is 16.0. The highest BCUT2D eigenvalue weighted by molar-refractivity contribution is 6.26. The Morgan fingerprint density at radius 1 is 0.242 bits per heavy atom. The van der Waals surface area contributed by atoms with E-state index in [1.54, 1.807) is 0 Å². The van der Waals surface area contributed by atoms with Crippen LogP contribution in [-0.2, 0) is 0 Å². The highest BCUT2D eigenvalue weighted by Crippen LogP contribution is 2.43. The zero-order valence-electron chi connectivity index (χ0n) is 35.0. The molecule has 0 aliphatic rings. The van der Waals surface area contributed by atoms with E-state index >= 15 is 0 Å². The number of hydrogen-bond donors (Lipinski definition) is 0. The van der Waals surface area contributed by atoms with Crippen molar-refractivity contribution in [3.8, 4) is 0 Å². The van der Waals surface area contributed by atoms with Crippen molar-refractivity contribution in [2.45, 2.75) is 13.8 Å². The lowest BCUT2D eigenvalue weighted by Crippen LogP contribution is -2.10. The van der Waals surface area contributed by atoms with Crippen LogP contribution in [-0.4, -0.2) is 0 Å². The van der Waals surface area contributed by atoms with Gasteiger partial charge in [-0.15, -0.1) is 0 Å². The minimum Gasteiger partial charge on any atom is -0.310 e. The summed E-state index contributed by atoms with van der Waals surface area (Å²) in [6.07, 6.45) is 8.68. The molecule has 0 spiro atoms. The molecule has 0 aliphatic carbocycles. The first-order chi connectivity index (χ1) is 30.5. The summed E-state index contributed by atoms with van der Waals surface area (Å²) in [5, 5.41) is 7.39. The van der Waals surface area contributed by atoms with Crippen LogP contribution in [0.2, 0.25) is 0 Å². The van der Waals surface area contributed by atoms with E-state index in [0.717, 1.165) is 45.3 Å². The number of rotatable bonds is 10. The van der Waals surface area contributed by atoms with Gasteiger partial charge >= 0.3 is 0 Å². The molecule has 0 amide bonds. The average molecular weight is 795 g/mol. The molecule has 0 radical (unpaired) electrons. The molecule has 10 rings (SSSR count). The third-order valence-corrected chi connectivity index (χ3v) is 11.7. The van der Waals surface area contributed by atoms with Crippen molar-refractivity contribution in [3.05, 3.63) is 252 Å². The van der Waals surface area contributed by atoms with Crippen LogP contribution in [0.4, 0.5) is 34.1 Å². The van der Waals surface area contributed by atoms with E-state index in [2.05, 4.69) is 254 Å². The molecular formula is C60H46N2. The van der Waals surface area contributed by atoms with Gasteiger partial charge in [0.15, 0.2) is 0 Å². The monoisotopic (exact) mass is 794 g/mol. The highest BCUT2D eigenvalue weighted by atomic mass is 15.1. The molecule has 2 heteroatoms. The van der Waals surface area contributed by atoms with Crippen LogP contribution in [0, 0.1) is 13.8 Å². The zero-order chi connectivity index (χ0) is 41.8. The first kappa shape index (κ1) is 38.3. The second kappa shape index (κ2) is 17.0. The van der Waals surface area contributed by atoms with Crippen LogP contribution in [0.3, 0.4) is 0 Å². The number of anilines is 6. The van der Waals surface area contributed by atoms with E-state index in [1.165, 1.54) is 54.6 Å². The van der Waals surface area contributed by atoms with Crippen LogP contribution in [0.5, 0.6) is 0 Å². The molecule has 0 aromatic heterocycles. The summed E-state index contributed by atoms with van der Waals surface area (Å²) in [4.78, 5) is 4.74. The van der Waals surface area contributed by atoms with Crippen molar-refractivity contribution < 1.29 is 0 Å². The van der Waals surface area contributed by atoms with Gasteiger partial charge in [0.1, 0.15) is 0 Å². The number of benzene rings is 10. The number of aryl methyl sites for hydroxylation is 2. The Bertz CT molecular complexity index is 3020. The van der Waals surface area contributed by atoms with E-state index in [-0.39, 0.29) is 0 Å². The molecule has 296 valence electrons. The maximum Gasteiger partial charge on any atom is 0.0468 e. The largest absolute Gasteiger partial charge is 0.310 e. The summed E-state index contributed by atoms with van der Waals surface area (Å²) in [6.45, 7) is 4.28. The first-order valence-corrected chi connectivity index (χ1v) is 21.3. The lowest BCUT2D eigenvalue weighted by atomic mass is 9.93. The Kier molecular flexibility index (Phi) is 10.5. The van der Waals surface area contributed by atoms with E-state index in [0.29, 0.717) is 0 Å². The van der Waals surface area contributed by atoms with Crippen LogP contribution < -0.4 is 9.80 Å². The van der Waals surface area contributed by atoms with Gasteiger partial charge in [0.05, 0.1) is 0 Å². The van der Waals surface area contributed by atoms with E-state index in [1.807, 2.05) is 12.1 Å². The fourth-order valence-corrected chi connectivity index (χ4v) is 8.48. The van der Waals surface area contributed by atoms with E-state index < -0.39 is 0 Å². The molecule has 0 N–H and O–H groups in total. The summed E-state index contributed by atoms with van der Waals surface area (Å²) in [5.74, 6) is 0. The minimum absolute atomic E-state index is 1.10. The third-order valence-electron chi connectivity index (χ3n) is 11.7. The Morgan fingerprint density at radius 2 is 0.516 bits per heavy atom. The summed E-state index contributed by atoms with van der Waals surface area (Å²) < 4.78 is 0. The van der Waals surface area contributed by atoms with Gasteiger partial charge in [-0.1, -0.05) is 181 Å². The van der Waals surface area contributed by atoms with Crippen LogP contribution in [0.15, 0.2) is 218 Å². The maximum atomic E-state index is 2.38. The van der Waals surface area contributed by atoms with Gasteiger partial charge in [-0.3, -0.25) is 0 Å². The molecule has 0 heterocycles. The molecule has 10 aromatic rings. The lowest BCUT2D eigenvalue weighted by Gasteiger charge is -2.27. The molecule has 62 heavy (non-hydrogen) atoms. The minimum atomic E-state index is 1.10. The molecule has 10 aromatic carbocycles. The third kappa shape index (κ3) is 7.90.